The van der Waals surface area contributed by atoms with Gasteiger partial charge in [0.25, 0.3) is 5.91 Å². The molecule has 0 radical (unpaired) electrons. The highest BCUT2D eigenvalue weighted by atomic mass is 79.9. The molecule has 21 heavy (non-hydrogen) atoms. The number of hydrogen-bond donors (Lipinski definition) is 3. The number of benzene rings is 1. The van der Waals surface area contributed by atoms with Gasteiger partial charge in [0.05, 0.1) is 11.8 Å². The molecule has 3 rings (SSSR count). The first-order valence-corrected chi connectivity index (χ1v) is 8.38. The molecule has 6 heteroatoms. The number of hydrogen-bond acceptors (Lipinski definition) is 4. The molecular formula is C15H17BrN2O2S. The number of thiophene rings is 1. The van der Waals surface area contributed by atoms with Crippen molar-refractivity contribution < 1.29 is 9.90 Å². The molecule has 1 aromatic carbocycles. The number of aliphatic hydroxyl groups is 1. The molecule has 0 saturated heterocycles. The van der Waals surface area contributed by atoms with Crippen molar-refractivity contribution in [3.05, 3.63) is 27.5 Å². The van der Waals surface area contributed by atoms with Crippen LogP contribution in [-0.4, -0.2) is 23.2 Å². The van der Waals surface area contributed by atoms with Crippen molar-refractivity contribution in [1.82, 2.24) is 5.32 Å². The average Bonchev–Trinajstić information content (AvgIpc) is 2.75. The first-order valence-electron chi connectivity index (χ1n) is 6.77. The van der Waals surface area contributed by atoms with E-state index in [1.165, 1.54) is 11.3 Å². The Morgan fingerprint density at radius 2 is 2.24 bits per heavy atom. The molecule has 1 heterocycles. The van der Waals surface area contributed by atoms with E-state index in [0.717, 1.165) is 14.6 Å². The molecule has 0 spiro atoms. The number of nitrogen functional groups attached to an aromatic ring is 1. The van der Waals surface area contributed by atoms with Crippen LogP contribution in [-0.2, 0) is 0 Å². The number of carbonyl (C=O) groups is 1. The lowest BCUT2D eigenvalue weighted by Gasteiger charge is -2.49. The third-order valence-corrected chi connectivity index (χ3v) is 6.08. The monoisotopic (exact) mass is 368 g/mol. The molecule has 0 bridgehead atoms. The predicted molar refractivity (Wildman–Crippen MR) is 89.6 cm³/mol. The number of halogens is 1. The predicted octanol–water partition coefficient (Wildman–Crippen LogP) is 3.14. The maximum atomic E-state index is 12.4. The van der Waals surface area contributed by atoms with Crippen molar-refractivity contribution in [2.75, 3.05) is 5.73 Å². The summed E-state index contributed by atoms with van der Waals surface area (Å²) in [6.07, 6.45) is 0.230. The Morgan fingerprint density at radius 3 is 2.86 bits per heavy atom. The molecule has 1 aromatic heterocycles. The Bertz CT molecular complexity index is 726. The van der Waals surface area contributed by atoms with Crippen molar-refractivity contribution in [1.29, 1.82) is 0 Å². The fourth-order valence-corrected chi connectivity index (χ4v) is 4.21. The van der Waals surface area contributed by atoms with Gasteiger partial charge in [-0.2, -0.15) is 0 Å². The second kappa shape index (κ2) is 4.97. The van der Waals surface area contributed by atoms with Crippen LogP contribution in [0.2, 0.25) is 0 Å². The van der Waals surface area contributed by atoms with Gasteiger partial charge in [-0.1, -0.05) is 35.8 Å². The second-order valence-corrected chi connectivity index (χ2v) is 8.05. The summed E-state index contributed by atoms with van der Waals surface area (Å²) in [5.74, 6) is -0.158. The van der Waals surface area contributed by atoms with Gasteiger partial charge in [-0.05, 0) is 18.6 Å². The molecule has 2 aromatic rings. The van der Waals surface area contributed by atoms with Gasteiger partial charge in [0, 0.05) is 26.0 Å². The van der Waals surface area contributed by atoms with E-state index in [2.05, 4.69) is 21.2 Å². The molecule has 1 amide bonds. The van der Waals surface area contributed by atoms with E-state index in [0.29, 0.717) is 17.0 Å². The summed E-state index contributed by atoms with van der Waals surface area (Å²) in [7, 11) is 0. The fourth-order valence-electron chi connectivity index (χ4n) is 2.63. The van der Waals surface area contributed by atoms with Crippen molar-refractivity contribution in [2.24, 2.45) is 5.41 Å². The minimum atomic E-state index is -0.362. The number of fused-ring (bicyclic) bond motifs is 1. The second-order valence-electron chi connectivity index (χ2n) is 6.08. The van der Waals surface area contributed by atoms with Gasteiger partial charge < -0.3 is 16.2 Å². The van der Waals surface area contributed by atoms with Gasteiger partial charge in [-0.25, -0.2) is 0 Å². The summed E-state index contributed by atoms with van der Waals surface area (Å²) in [5, 5.41) is 13.6. The Labute approximate surface area is 135 Å². The minimum absolute atomic E-state index is 0.0173. The normalized spacial score (nSPS) is 23.8. The standard InChI is InChI=1S/C15H17BrN2O2S/c1-15(2)10(6-11(15)19)18-14(20)13-12(17)8-4-3-7(16)5-9(8)21-13/h3-5,10-11,19H,6,17H2,1-2H3,(H,18,20). The van der Waals surface area contributed by atoms with Gasteiger partial charge in [-0.15, -0.1) is 11.3 Å². The first-order chi connectivity index (χ1) is 9.80. The molecule has 2 atom stereocenters. The highest BCUT2D eigenvalue weighted by Gasteiger charge is 2.48. The molecule has 0 aliphatic heterocycles. The summed E-state index contributed by atoms with van der Waals surface area (Å²) in [5.41, 5.74) is 6.34. The van der Waals surface area contributed by atoms with E-state index in [4.69, 9.17) is 5.73 Å². The van der Waals surface area contributed by atoms with Gasteiger partial charge in [0.1, 0.15) is 4.88 Å². The van der Waals surface area contributed by atoms with Gasteiger partial charge in [0.15, 0.2) is 0 Å². The topological polar surface area (TPSA) is 75.3 Å². The lowest BCUT2D eigenvalue weighted by Crippen LogP contribution is -2.61. The molecule has 1 fully saturated rings. The number of amides is 1. The van der Waals surface area contributed by atoms with E-state index in [1.807, 2.05) is 32.0 Å². The Morgan fingerprint density at radius 1 is 1.52 bits per heavy atom. The number of rotatable bonds is 2. The van der Waals surface area contributed by atoms with Crippen LogP contribution in [0, 0.1) is 5.41 Å². The molecule has 1 aliphatic rings. The highest BCUT2D eigenvalue weighted by Crippen LogP contribution is 2.41. The zero-order valence-corrected chi connectivity index (χ0v) is 14.2. The van der Waals surface area contributed by atoms with Crippen LogP contribution >= 0.6 is 27.3 Å². The van der Waals surface area contributed by atoms with E-state index >= 15 is 0 Å². The largest absolute Gasteiger partial charge is 0.397 e. The molecule has 1 saturated carbocycles. The number of anilines is 1. The van der Waals surface area contributed by atoms with Crippen molar-refractivity contribution in [2.45, 2.75) is 32.4 Å². The molecule has 112 valence electrons. The molecule has 1 aliphatic carbocycles. The smallest absolute Gasteiger partial charge is 0.263 e. The summed E-state index contributed by atoms with van der Waals surface area (Å²) in [6, 6.07) is 5.78. The zero-order valence-electron chi connectivity index (χ0n) is 11.8. The van der Waals surface area contributed by atoms with Crippen LogP contribution in [0.4, 0.5) is 5.69 Å². The van der Waals surface area contributed by atoms with Crippen molar-refractivity contribution in [3.63, 3.8) is 0 Å². The molecule has 4 N–H and O–H groups in total. The van der Waals surface area contributed by atoms with Crippen LogP contribution in [0.3, 0.4) is 0 Å². The quantitative estimate of drug-likeness (QED) is 0.761. The SMILES string of the molecule is CC1(C)C(O)CC1NC(=O)c1sc2cc(Br)ccc2c1N. The van der Waals surface area contributed by atoms with Crippen LogP contribution in [0.15, 0.2) is 22.7 Å². The third kappa shape index (κ3) is 2.35. The Kier molecular flexibility index (Phi) is 3.50. The maximum absolute atomic E-state index is 12.4. The van der Waals surface area contributed by atoms with E-state index in [1.54, 1.807) is 0 Å². The summed E-state index contributed by atoms with van der Waals surface area (Å²) < 4.78 is 1.95. The van der Waals surface area contributed by atoms with E-state index < -0.39 is 0 Å². The van der Waals surface area contributed by atoms with Crippen LogP contribution in [0.25, 0.3) is 10.1 Å². The number of nitrogens with two attached hydrogens (primary N) is 1. The minimum Gasteiger partial charge on any atom is -0.397 e. The highest BCUT2D eigenvalue weighted by molar-refractivity contribution is 9.10. The van der Waals surface area contributed by atoms with Crippen LogP contribution in [0.1, 0.15) is 29.9 Å². The summed E-state index contributed by atoms with van der Waals surface area (Å²) in [4.78, 5) is 13.0. The van der Waals surface area contributed by atoms with Crippen molar-refractivity contribution >= 4 is 48.9 Å². The number of carbonyl (C=O) groups excluding carboxylic acids is 1. The van der Waals surface area contributed by atoms with Gasteiger partial charge in [-0.3, -0.25) is 4.79 Å². The first kappa shape index (κ1) is 14.8. The third-order valence-electron chi connectivity index (χ3n) is 4.42. The lowest BCUT2D eigenvalue weighted by atomic mass is 9.64. The molecule has 2 unspecified atom stereocenters. The van der Waals surface area contributed by atoms with Crippen LogP contribution in [0.5, 0.6) is 0 Å². The fraction of sp³-hybridized carbons (Fsp3) is 0.400. The average molecular weight is 369 g/mol. The Hall–Kier alpha value is -1.11. The zero-order chi connectivity index (χ0) is 15.4. The van der Waals surface area contributed by atoms with Crippen LogP contribution < -0.4 is 11.1 Å². The molecule has 4 nitrogen and oxygen atoms in total. The van der Waals surface area contributed by atoms with Gasteiger partial charge in [0.2, 0.25) is 0 Å². The molecular weight excluding hydrogens is 352 g/mol. The van der Waals surface area contributed by atoms with Gasteiger partial charge >= 0.3 is 0 Å². The van der Waals surface area contributed by atoms with Crippen molar-refractivity contribution in [3.8, 4) is 0 Å². The van der Waals surface area contributed by atoms with E-state index in [9.17, 15) is 9.90 Å². The Balaban J connectivity index is 1.87. The number of nitrogens with one attached hydrogen (secondary N) is 1. The lowest BCUT2D eigenvalue weighted by molar-refractivity contribution is -0.0689. The number of aliphatic hydroxyl groups excluding tert-OH is 1. The summed E-state index contributed by atoms with van der Waals surface area (Å²) >= 11 is 4.82. The van der Waals surface area contributed by atoms with E-state index in [-0.39, 0.29) is 23.5 Å². The summed E-state index contributed by atoms with van der Waals surface area (Å²) in [6.45, 7) is 3.91. The maximum Gasteiger partial charge on any atom is 0.263 e.